The summed E-state index contributed by atoms with van der Waals surface area (Å²) in [5.41, 5.74) is 1.77. The predicted octanol–water partition coefficient (Wildman–Crippen LogP) is 3.15. The number of aryl methyl sites for hydroxylation is 1. The fourth-order valence-corrected chi connectivity index (χ4v) is 2.35. The second kappa shape index (κ2) is 4.83. The summed E-state index contributed by atoms with van der Waals surface area (Å²) in [7, 11) is 1.74. The van der Waals surface area contributed by atoms with Crippen LogP contribution in [0.1, 0.15) is 42.6 Å². The van der Waals surface area contributed by atoms with Gasteiger partial charge in [0.25, 0.3) is 0 Å². The van der Waals surface area contributed by atoms with Gasteiger partial charge in [-0.25, -0.2) is 0 Å². The van der Waals surface area contributed by atoms with E-state index in [4.69, 9.17) is 11.6 Å². The van der Waals surface area contributed by atoms with E-state index in [0.717, 1.165) is 12.8 Å². The monoisotopic (exact) mass is 238 g/mol. The first-order valence-electron chi connectivity index (χ1n) is 5.57. The number of nitrogens with zero attached hydrogens (tertiary/aromatic N) is 2. The zero-order valence-electron chi connectivity index (χ0n) is 9.37. The van der Waals surface area contributed by atoms with Crippen LogP contribution in [0.15, 0.2) is 17.8 Å². The zero-order chi connectivity index (χ0) is 11.5. The summed E-state index contributed by atoms with van der Waals surface area (Å²) in [4.78, 5) is 12.0. The highest BCUT2D eigenvalue weighted by Gasteiger charge is 2.17. The smallest absolute Gasteiger partial charge is 0.186 e. The molecule has 1 heterocycles. The summed E-state index contributed by atoms with van der Waals surface area (Å²) in [5.74, 6) is 0.0677. The van der Waals surface area contributed by atoms with Gasteiger partial charge in [0, 0.05) is 13.5 Å². The summed E-state index contributed by atoms with van der Waals surface area (Å²) in [6.07, 6.45) is 8.76. The van der Waals surface area contributed by atoms with Crippen LogP contribution in [0.4, 0.5) is 0 Å². The molecule has 16 heavy (non-hydrogen) atoms. The lowest BCUT2D eigenvalue weighted by Crippen LogP contribution is -2.09. The lowest BCUT2D eigenvalue weighted by molar-refractivity contribution is 0.0982. The molecule has 0 spiro atoms. The normalized spacial score (nSPS) is 16.0. The highest BCUT2D eigenvalue weighted by molar-refractivity contribution is 6.33. The Morgan fingerprint density at radius 3 is 2.94 bits per heavy atom. The van der Waals surface area contributed by atoms with Crippen molar-refractivity contribution in [2.75, 3.05) is 0 Å². The molecule has 1 aromatic heterocycles. The molecule has 0 saturated heterocycles. The van der Waals surface area contributed by atoms with Crippen LogP contribution in [-0.2, 0) is 7.05 Å². The van der Waals surface area contributed by atoms with Crippen molar-refractivity contribution >= 4 is 17.4 Å². The van der Waals surface area contributed by atoms with Crippen LogP contribution in [-0.4, -0.2) is 15.6 Å². The van der Waals surface area contributed by atoms with Crippen LogP contribution in [0.3, 0.4) is 0 Å². The molecule has 0 bridgehead atoms. The summed E-state index contributed by atoms with van der Waals surface area (Å²) in [6.45, 7) is 0. The first-order valence-corrected chi connectivity index (χ1v) is 5.95. The third kappa shape index (κ3) is 2.35. The molecule has 0 saturated carbocycles. The zero-order valence-corrected chi connectivity index (χ0v) is 10.1. The van der Waals surface area contributed by atoms with Crippen molar-refractivity contribution in [1.29, 1.82) is 0 Å². The van der Waals surface area contributed by atoms with Gasteiger partial charge in [-0.15, -0.1) is 0 Å². The van der Waals surface area contributed by atoms with Gasteiger partial charge in [0.05, 0.1) is 11.2 Å². The molecule has 0 N–H and O–H groups in total. The maximum atomic E-state index is 12.0. The number of carbonyl (C=O) groups is 1. The Balaban J connectivity index is 2.11. The number of allylic oxidation sites excluding steroid dienone is 2. The number of halogens is 1. The number of hydrogen-bond acceptors (Lipinski definition) is 2. The minimum atomic E-state index is 0.0677. The minimum Gasteiger partial charge on any atom is -0.292 e. The van der Waals surface area contributed by atoms with E-state index in [1.165, 1.54) is 24.6 Å². The third-order valence-corrected chi connectivity index (χ3v) is 3.21. The molecule has 1 aromatic rings. The number of carbonyl (C=O) groups excluding carboxylic acids is 1. The van der Waals surface area contributed by atoms with Crippen molar-refractivity contribution < 1.29 is 4.79 Å². The average Bonchev–Trinajstić information content (AvgIpc) is 2.60. The van der Waals surface area contributed by atoms with Crippen LogP contribution in [0.5, 0.6) is 0 Å². The number of rotatable bonds is 3. The van der Waals surface area contributed by atoms with E-state index in [2.05, 4.69) is 11.2 Å². The van der Waals surface area contributed by atoms with Crippen LogP contribution in [0.2, 0.25) is 5.02 Å². The van der Waals surface area contributed by atoms with Crippen LogP contribution < -0.4 is 0 Å². The van der Waals surface area contributed by atoms with Crippen LogP contribution in [0.25, 0.3) is 0 Å². The Bertz CT molecular complexity index is 415. The number of ketones is 1. The molecule has 0 atom stereocenters. The molecular formula is C12H15ClN2O. The molecule has 4 heteroatoms. The number of hydrogen-bond donors (Lipinski definition) is 0. The Hall–Kier alpha value is -1.09. The first kappa shape index (κ1) is 11.4. The van der Waals surface area contributed by atoms with Crippen molar-refractivity contribution in [3.05, 3.63) is 28.6 Å². The van der Waals surface area contributed by atoms with E-state index in [1.54, 1.807) is 11.7 Å². The molecule has 0 unspecified atom stereocenters. The highest BCUT2D eigenvalue weighted by Crippen LogP contribution is 2.23. The summed E-state index contributed by atoms with van der Waals surface area (Å²) >= 11 is 5.93. The SMILES string of the molecule is Cn1ncc(Cl)c1C(=O)CC1=CCCCC1. The maximum Gasteiger partial charge on any atom is 0.186 e. The third-order valence-electron chi connectivity index (χ3n) is 2.93. The van der Waals surface area contributed by atoms with E-state index in [9.17, 15) is 4.79 Å². The van der Waals surface area contributed by atoms with Crippen molar-refractivity contribution in [3.63, 3.8) is 0 Å². The minimum absolute atomic E-state index is 0.0677. The van der Waals surface area contributed by atoms with Crippen LogP contribution >= 0.6 is 11.6 Å². The topological polar surface area (TPSA) is 34.9 Å². The predicted molar refractivity (Wildman–Crippen MR) is 63.7 cm³/mol. The van der Waals surface area contributed by atoms with Gasteiger partial charge in [-0.05, 0) is 25.7 Å². The van der Waals surface area contributed by atoms with Crippen LogP contribution in [0, 0.1) is 0 Å². The average molecular weight is 239 g/mol. The van der Waals surface area contributed by atoms with Gasteiger partial charge >= 0.3 is 0 Å². The maximum absolute atomic E-state index is 12.0. The van der Waals surface area contributed by atoms with Crippen molar-refractivity contribution in [1.82, 2.24) is 9.78 Å². The largest absolute Gasteiger partial charge is 0.292 e. The van der Waals surface area contributed by atoms with Crippen molar-refractivity contribution in [2.45, 2.75) is 32.1 Å². The van der Waals surface area contributed by atoms with Gasteiger partial charge in [-0.1, -0.05) is 23.3 Å². The molecule has 1 aliphatic carbocycles. The molecule has 3 nitrogen and oxygen atoms in total. The molecule has 0 aromatic carbocycles. The number of Topliss-reactive ketones (excluding diaryl/α,β-unsaturated/α-hetero) is 1. The Morgan fingerprint density at radius 1 is 1.56 bits per heavy atom. The molecule has 0 fully saturated rings. The molecule has 86 valence electrons. The second-order valence-electron chi connectivity index (χ2n) is 4.17. The highest BCUT2D eigenvalue weighted by atomic mass is 35.5. The van der Waals surface area contributed by atoms with Gasteiger partial charge in [0.2, 0.25) is 0 Å². The summed E-state index contributed by atoms with van der Waals surface area (Å²) in [6, 6.07) is 0. The second-order valence-corrected chi connectivity index (χ2v) is 4.58. The van der Waals surface area contributed by atoms with Gasteiger partial charge in [0.1, 0.15) is 5.69 Å². The molecule has 0 radical (unpaired) electrons. The first-order chi connectivity index (χ1) is 7.68. The van der Waals surface area contributed by atoms with Crippen molar-refractivity contribution in [2.24, 2.45) is 7.05 Å². The quantitative estimate of drug-likeness (QED) is 0.599. The fraction of sp³-hybridized carbons (Fsp3) is 0.500. The van der Waals surface area contributed by atoms with Gasteiger partial charge in [-0.2, -0.15) is 5.10 Å². The summed E-state index contributed by atoms with van der Waals surface area (Å²) in [5, 5.41) is 4.42. The molecule has 0 amide bonds. The Morgan fingerprint density at radius 2 is 2.38 bits per heavy atom. The van der Waals surface area contributed by atoms with E-state index < -0.39 is 0 Å². The fourth-order valence-electron chi connectivity index (χ4n) is 2.08. The van der Waals surface area contributed by atoms with Gasteiger partial charge < -0.3 is 0 Å². The lowest BCUT2D eigenvalue weighted by Gasteiger charge is -2.11. The van der Waals surface area contributed by atoms with E-state index in [1.807, 2.05) is 0 Å². The Labute approximate surface area is 100 Å². The number of aromatic nitrogens is 2. The Kier molecular flexibility index (Phi) is 3.44. The lowest BCUT2D eigenvalue weighted by atomic mass is 9.95. The van der Waals surface area contributed by atoms with Gasteiger partial charge in [-0.3, -0.25) is 9.48 Å². The van der Waals surface area contributed by atoms with Gasteiger partial charge in [0.15, 0.2) is 5.78 Å². The molecular weight excluding hydrogens is 224 g/mol. The molecule has 2 rings (SSSR count). The molecule has 1 aliphatic rings. The molecule has 0 aliphatic heterocycles. The van der Waals surface area contributed by atoms with Crippen molar-refractivity contribution in [3.8, 4) is 0 Å². The summed E-state index contributed by atoms with van der Waals surface area (Å²) < 4.78 is 1.55. The van der Waals surface area contributed by atoms with E-state index in [-0.39, 0.29) is 5.78 Å². The van der Waals surface area contributed by atoms with E-state index >= 15 is 0 Å². The standard InChI is InChI=1S/C12H15ClN2O/c1-15-12(10(13)8-14-15)11(16)7-9-5-3-2-4-6-9/h5,8H,2-4,6-7H2,1H3. The van der Waals surface area contributed by atoms with E-state index in [0.29, 0.717) is 17.1 Å².